The van der Waals surface area contributed by atoms with Gasteiger partial charge in [-0.05, 0) is 66.6 Å². The number of nitrogens with zero attached hydrogens (tertiary/aromatic N) is 1. The molecule has 2 nitrogen and oxygen atoms in total. The van der Waals surface area contributed by atoms with Gasteiger partial charge in [0.25, 0.3) is 0 Å². The van der Waals surface area contributed by atoms with Gasteiger partial charge in [0.15, 0.2) is 0 Å². The van der Waals surface area contributed by atoms with E-state index in [0.29, 0.717) is 0 Å². The average Bonchev–Trinajstić information content (AvgIpc) is 2.99. The summed E-state index contributed by atoms with van der Waals surface area (Å²) in [6, 6.07) is 48.1. The van der Waals surface area contributed by atoms with Gasteiger partial charge >= 0.3 is 0 Å². The maximum absolute atomic E-state index is 13.5. The third-order valence-corrected chi connectivity index (χ3v) is 9.28. The van der Waals surface area contributed by atoms with Crippen LogP contribution in [0.25, 0.3) is 0 Å². The Morgan fingerprint density at radius 2 is 1.12 bits per heavy atom. The minimum Gasteiger partial charge on any atom is -0.307 e. The molecule has 1 aliphatic rings. The maximum atomic E-state index is 13.5. The van der Waals surface area contributed by atoms with Crippen LogP contribution in [0, 0.1) is 6.92 Å². The molecule has 210 valence electrons. The van der Waals surface area contributed by atoms with Crippen molar-refractivity contribution >= 4 is 11.6 Å². The van der Waals surface area contributed by atoms with Crippen molar-refractivity contribution in [3.63, 3.8) is 0 Å². The fourth-order valence-corrected chi connectivity index (χ4v) is 7.62. The van der Waals surface area contributed by atoms with Gasteiger partial charge in [-0.3, -0.25) is 4.79 Å². The molecule has 0 N–H and O–H groups in total. The van der Waals surface area contributed by atoms with Crippen molar-refractivity contribution < 1.29 is 4.79 Å². The summed E-state index contributed by atoms with van der Waals surface area (Å²) < 4.78 is 0. The summed E-state index contributed by atoms with van der Waals surface area (Å²) in [7, 11) is 0. The number of anilines is 1. The molecule has 0 saturated carbocycles. The van der Waals surface area contributed by atoms with Gasteiger partial charge in [0.2, 0.25) is 5.91 Å². The zero-order valence-corrected chi connectivity index (χ0v) is 25.3. The average molecular weight is 550 g/mol. The third kappa shape index (κ3) is 4.38. The van der Waals surface area contributed by atoms with Crippen molar-refractivity contribution in [2.45, 2.75) is 57.4 Å². The Morgan fingerprint density at radius 1 is 0.643 bits per heavy atom. The lowest BCUT2D eigenvalue weighted by Crippen LogP contribution is -2.55. The molecule has 1 atom stereocenters. The second kappa shape index (κ2) is 10.4. The zero-order valence-electron chi connectivity index (χ0n) is 25.3. The van der Waals surface area contributed by atoms with Crippen molar-refractivity contribution in [2.75, 3.05) is 4.90 Å². The van der Waals surface area contributed by atoms with Crippen LogP contribution < -0.4 is 4.90 Å². The Morgan fingerprint density at radius 3 is 1.57 bits per heavy atom. The van der Waals surface area contributed by atoms with Crippen LogP contribution in [0.15, 0.2) is 133 Å². The summed E-state index contributed by atoms with van der Waals surface area (Å²) in [6.07, 6.45) is 0.830. The van der Waals surface area contributed by atoms with Crippen molar-refractivity contribution in [3.8, 4) is 0 Å². The molecule has 0 fully saturated rings. The molecule has 0 radical (unpaired) electrons. The molecule has 1 aliphatic heterocycles. The van der Waals surface area contributed by atoms with Crippen molar-refractivity contribution in [2.24, 2.45) is 0 Å². The monoisotopic (exact) mass is 549 g/mol. The second-order valence-electron chi connectivity index (χ2n) is 12.6. The molecule has 0 unspecified atom stereocenters. The molecule has 1 heterocycles. The Kier molecular flexibility index (Phi) is 6.89. The molecule has 1 amide bonds. The molecule has 0 spiro atoms. The first kappa shape index (κ1) is 27.7. The number of hydrogen-bond donors (Lipinski definition) is 0. The fraction of sp³-hybridized carbons (Fsp3) is 0.225. The Labute approximate surface area is 250 Å². The Hall–Kier alpha value is -4.43. The van der Waals surface area contributed by atoms with Crippen molar-refractivity contribution in [1.29, 1.82) is 0 Å². The summed E-state index contributed by atoms with van der Waals surface area (Å²) in [4.78, 5) is 15.5. The van der Waals surface area contributed by atoms with E-state index in [1.165, 1.54) is 33.4 Å². The summed E-state index contributed by atoms with van der Waals surface area (Å²) in [5.41, 5.74) is 8.19. The predicted octanol–water partition coefficient (Wildman–Crippen LogP) is 9.22. The maximum Gasteiger partial charge on any atom is 0.224 e. The number of rotatable bonds is 5. The highest BCUT2D eigenvalue weighted by Crippen LogP contribution is 2.53. The van der Waals surface area contributed by atoms with E-state index in [0.717, 1.165) is 17.7 Å². The van der Waals surface area contributed by atoms with Crippen LogP contribution in [0.4, 0.5) is 5.69 Å². The van der Waals surface area contributed by atoms with E-state index in [9.17, 15) is 4.79 Å². The molecule has 42 heavy (non-hydrogen) atoms. The minimum absolute atomic E-state index is 0.0640. The highest BCUT2D eigenvalue weighted by atomic mass is 16.2. The number of carbonyl (C=O) groups excluding carboxylic acids is 1. The molecular weight excluding hydrogens is 510 g/mol. The van der Waals surface area contributed by atoms with Crippen molar-refractivity contribution in [3.05, 3.63) is 172 Å². The number of fused-ring (bicyclic) bond motifs is 1. The SMILES string of the molecule is CC(=O)N1c2cc(C(c3ccccc3)(c3ccccc3)c3ccccc3)ccc2[C@](C)(c2ccc(C)cc2)CC1(C)C. The largest absolute Gasteiger partial charge is 0.307 e. The van der Waals surface area contributed by atoms with E-state index in [1.54, 1.807) is 6.92 Å². The molecule has 0 aromatic heterocycles. The quantitative estimate of drug-likeness (QED) is 0.200. The van der Waals surface area contributed by atoms with Gasteiger partial charge < -0.3 is 4.90 Å². The van der Waals surface area contributed by atoms with Crippen LogP contribution in [-0.4, -0.2) is 11.4 Å². The first-order valence-electron chi connectivity index (χ1n) is 14.9. The normalized spacial score (nSPS) is 17.9. The number of carbonyl (C=O) groups is 1. The first-order valence-corrected chi connectivity index (χ1v) is 14.9. The number of amides is 1. The lowest BCUT2D eigenvalue weighted by Gasteiger charge is -2.51. The van der Waals surface area contributed by atoms with E-state index >= 15 is 0 Å². The summed E-state index contributed by atoms with van der Waals surface area (Å²) >= 11 is 0. The van der Waals surface area contributed by atoms with Crippen LogP contribution in [0.3, 0.4) is 0 Å². The standard InChI is InChI=1S/C40H39NO/c1-29-21-23-31(24-22-29)39(5)28-38(3,4)41(30(2)42)37-27-35(25-26-36(37)39)40(32-15-9-6-10-16-32,33-17-11-7-12-18-33)34-19-13-8-14-20-34/h6-27H,28H2,1-5H3/t39-/m0/s1. The number of benzene rings is 5. The second-order valence-corrected chi connectivity index (χ2v) is 12.6. The molecule has 2 heteroatoms. The Bertz CT molecular complexity index is 1610. The fourth-order valence-electron chi connectivity index (χ4n) is 7.62. The van der Waals surface area contributed by atoms with Crippen LogP contribution in [0.5, 0.6) is 0 Å². The van der Waals surface area contributed by atoms with Crippen LogP contribution in [-0.2, 0) is 15.6 Å². The third-order valence-electron chi connectivity index (χ3n) is 9.28. The smallest absolute Gasteiger partial charge is 0.224 e. The van der Waals surface area contributed by atoms with Gasteiger partial charge in [-0.15, -0.1) is 0 Å². The van der Waals surface area contributed by atoms with Gasteiger partial charge in [-0.25, -0.2) is 0 Å². The number of hydrogen-bond acceptors (Lipinski definition) is 1. The van der Waals surface area contributed by atoms with Gasteiger partial charge in [-0.1, -0.05) is 140 Å². The van der Waals surface area contributed by atoms with E-state index in [4.69, 9.17) is 0 Å². The first-order chi connectivity index (χ1) is 20.2. The minimum atomic E-state index is -0.580. The lowest BCUT2D eigenvalue weighted by atomic mass is 9.62. The van der Waals surface area contributed by atoms with E-state index in [1.807, 2.05) is 4.90 Å². The highest BCUT2D eigenvalue weighted by Gasteiger charge is 2.48. The summed E-state index contributed by atoms with van der Waals surface area (Å²) in [5.74, 6) is 0.0640. The van der Waals surface area contributed by atoms with Gasteiger partial charge in [-0.2, -0.15) is 0 Å². The van der Waals surface area contributed by atoms with E-state index < -0.39 is 5.41 Å². The number of aryl methyl sites for hydroxylation is 1. The van der Waals surface area contributed by atoms with Gasteiger partial charge in [0, 0.05) is 23.6 Å². The predicted molar refractivity (Wildman–Crippen MR) is 174 cm³/mol. The molecule has 0 bridgehead atoms. The topological polar surface area (TPSA) is 20.3 Å². The molecular formula is C40H39NO. The van der Waals surface area contributed by atoms with Crippen LogP contribution in [0.1, 0.15) is 73.1 Å². The lowest BCUT2D eigenvalue weighted by molar-refractivity contribution is -0.117. The molecule has 0 saturated heterocycles. The highest BCUT2D eigenvalue weighted by molar-refractivity contribution is 5.95. The zero-order chi connectivity index (χ0) is 29.5. The molecule has 5 aromatic rings. The van der Waals surface area contributed by atoms with Crippen LogP contribution in [0.2, 0.25) is 0 Å². The van der Waals surface area contributed by atoms with E-state index in [2.05, 4.69) is 161 Å². The summed E-state index contributed by atoms with van der Waals surface area (Å²) in [5, 5.41) is 0. The van der Waals surface area contributed by atoms with E-state index in [-0.39, 0.29) is 16.9 Å². The molecule has 0 aliphatic carbocycles. The summed E-state index contributed by atoms with van der Waals surface area (Å²) in [6.45, 7) is 10.6. The van der Waals surface area contributed by atoms with Gasteiger partial charge in [0.1, 0.15) is 0 Å². The Balaban J connectivity index is 1.71. The van der Waals surface area contributed by atoms with Gasteiger partial charge in [0.05, 0.1) is 5.41 Å². The molecule has 5 aromatic carbocycles. The molecule has 6 rings (SSSR count). The van der Waals surface area contributed by atoms with Crippen LogP contribution >= 0.6 is 0 Å². The van der Waals surface area contributed by atoms with Crippen molar-refractivity contribution in [1.82, 2.24) is 0 Å².